The Labute approximate surface area is 145 Å². The highest BCUT2D eigenvalue weighted by Gasteiger charge is 2.32. The van der Waals surface area contributed by atoms with Crippen molar-refractivity contribution in [3.63, 3.8) is 0 Å². The molecular weight excluding hydrogens is 306 g/mol. The van der Waals surface area contributed by atoms with Crippen LogP contribution < -0.4 is 5.32 Å². The number of esters is 1. The number of hydrogen-bond donors (Lipinski definition) is 1. The van der Waals surface area contributed by atoms with E-state index in [0.29, 0.717) is 18.9 Å². The Hall–Kier alpha value is -1.70. The molecule has 1 unspecified atom stereocenters. The number of nitrogens with one attached hydrogen (secondary N) is 1. The molecule has 24 heavy (non-hydrogen) atoms. The maximum Gasteiger partial charge on any atom is 0.407 e. The van der Waals surface area contributed by atoms with E-state index >= 15 is 0 Å². The number of carbonyl (C=O) groups excluding carboxylic acids is 2. The monoisotopic (exact) mass is 337 g/mol. The van der Waals surface area contributed by atoms with Gasteiger partial charge in [0, 0.05) is 6.42 Å². The third-order valence-electron chi connectivity index (χ3n) is 4.30. The molecular formula is C19H31NO4. The van der Waals surface area contributed by atoms with E-state index in [1.54, 1.807) is 0 Å². The maximum absolute atomic E-state index is 12.4. The molecule has 136 valence electrons. The van der Waals surface area contributed by atoms with E-state index < -0.39 is 12.1 Å². The van der Waals surface area contributed by atoms with Crippen LogP contribution >= 0.6 is 0 Å². The molecule has 1 rings (SSSR count). The van der Waals surface area contributed by atoms with Crippen molar-refractivity contribution in [2.45, 2.75) is 71.3 Å². The molecule has 1 atom stereocenters. The number of amides is 1. The molecule has 0 aromatic heterocycles. The van der Waals surface area contributed by atoms with Gasteiger partial charge in [0.1, 0.15) is 12.6 Å². The Morgan fingerprint density at radius 2 is 1.88 bits per heavy atom. The number of carbonyl (C=O) groups is 2. The van der Waals surface area contributed by atoms with E-state index in [1.807, 2.05) is 0 Å². The summed E-state index contributed by atoms with van der Waals surface area (Å²) in [5.41, 5.74) is 0. The van der Waals surface area contributed by atoms with Gasteiger partial charge in [-0.15, -0.1) is 12.3 Å². The first-order valence-corrected chi connectivity index (χ1v) is 9.08. The Morgan fingerprint density at radius 1 is 1.17 bits per heavy atom. The lowest BCUT2D eigenvalue weighted by atomic mass is 9.84. The van der Waals surface area contributed by atoms with Crippen LogP contribution in [0.25, 0.3) is 0 Å². The van der Waals surface area contributed by atoms with E-state index in [4.69, 9.17) is 15.9 Å². The van der Waals surface area contributed by atoms with E-state index in [-0.39, 0.29) is 18.5 Å². The fourth-order valence-electron chi connectivity index (χ4n) is 2.96. The van der Waals surface area contributed by atoms with Crippen molar-refractivity contribution in [3.05, 3.63) is 0 Å². The minimum absolute atomic E-state index is 0.122. The van der Waals surface area contributed by atoms with Crippen molar-refractivity contribution < 1.29 is 19.1 Å². The number of alkyl carbamates (subject to hydrolysis) is 1. The number of terminal acetylenes is 1. The molecule has 1 fully saturated rings. The molecule has 0 spiro atoms. The standard InChI is InChI=1S/C19H31NO4/c1-4-5-13-24-19(22)20-17(16-11-7-6-8-12-16)18(21)23-14-9-10-15(2)3/h1,15-17H,5-14H2,2-3H3,(H,20,22). The Morgan fingerprint density at radius 3 is 2.50 bits per heavy atom. The van der Waals surface area contributed by atoms with Gasteiger partial charge in [-0.2, -0.15) is 0 Å². The Balaban J connectivity index is 2.51. The van der Waals surface area contributed by atoms with Crippen LogP contribution in [0, 0.1) is 24.2 Å². The lowest BCUT2D eigenvalue weighted by Crippen LogP contribution is -2.47. The fraction of sp³-hybridized carbons (Fsp3) is 0.789. The van der Waals surface area contributed by atoms with Crippen molar-refractivity contribution >= 4 is 12.1 Å². The van der Waals surface area contributed by atoms with Gasteiger partial charge in [-0.1, -0.05) is 33.1 Å². The van der Waals surface area contributed by atoms with E-state index in [0.717, 1.165) is 38.5 Å². The molecule has 0 heterocycles. The summed E-state index contributed by atoms with van der Waals surface area (Å²) in [5, 5.41) is 2.69. The average Bonchev–Trinajstić information content (AvgIpc) is 2.57. The van der Waals surface area contributed by atoms with E-state index in [1.165, 1.54) is 6.42 Å². The molecule has 5 nitrogen and oxygen atoms in total. The van der Waals surface area contributed by atoms with Gasteiger partial charge < -0.3 is 14.8 Å². The summed E-state index contributed by atoms with van der Waals surface area (Å²) in [7, 11) is 0. The highest BCUT2D eigenvalue weighted by Crippen LogP contribution is 2.27. The summed E-state index contributed by atoms with van der Waals surface area (Å²) in [4.78, 5) is 24.3. The molecule has 0 bridgehead atoms. The first-order chi connectivity index (χ1) is 11.5. The zero-order valence-electron chi connectivity index (χ0n) is 15.0. The van der Waals surface area contributed by atoms with Gasteiger partial charge in [0.15, 0.2) is 0 Å². The van der Waals surface area contributed by atoms with Crippen molar-refractivity contribution in [2.24, 2.45) is 11.8 Å². The van der Waals surface area contributed by atoms with Crippen LogP contribution in [0.5, 0.6) is 0 Å². The highest BCUT2D eigenvalue weighted by atomic mass is 16.6. The molecule has 0 saturated heterocycles. The van der Waals surface area contributed by atoms with E-state index in [9.17, 15) is 9.59 Å². The third-order valence-corrected chi connectivity index (χ3v) is 4.30. The van der Waals surface area contributed by atoms with Gasteiger partial charge in [-0.05, 0) is 37.5 Å². The van der Waals surface area contributed by atoms with Crippen molar-refractivity contribution in [2.75, 3.05) is 13.2 Å². The second kappa shape index (κ2) is 11.8. The van der Waals surface area contributed by atoms with Gasteiger partial charge in [0.25, 0.3) is 0 Å². The van der Waals surface area contributed by atoms with Crippen LogP contribution in [0.3, 0.4) is 0 Å². The summed E-state index contributed by atoms with van der Waals surface area (Å²) in [5.74, 6) is 2.77. The average molecular weight is 337 g/mol. The predicted molar refractivity (Wildman–Crippen MR) is 93.3 cm³/mol. The Bertz CT molecular complexity index is 422. The predicted octanol–water partition coefficient (Wildman–Crippen LogP) is 3.66. The quantitative estimate of drug-likeness (QED) is 0.396. The smallest absolute Gasteiger partial charge is 0.407 e. The van der Waals surface area contributed by atoms with Gasteiger partial charge in [-0.3, -0.25) is 0 Å². The topological polar surface area (TPSA) is 64.6 Å². The molecule has 0 aromatic carbocycles. The zero-order chi connectivity index (χ0) is 17.8. The summed E-state index contributed by atoms with van der Waals surface area (Å²) in [6.07, 6.45) is 11.9. The van der Waals surface area contributed by atoms with Crippen LogP contribution in [0.15, 0.2) is 0 Å². The summed E-state index contributed by atoms with van der Waals surface area (Å²) >= 11 is 0. The largest absolute Gasteiger partial charge is 0.464 e. The van der Waals surface area contributed by atoms with Crippen molar-refractivity contribution in [3.8, 4) is 12.3 Å². The highest BCUT2D eigenvalue weighted by molar-refractivity contribution is 5.81. The van der Waals surface area contributed by atoms with Crippen LogP contribution in [-0.2, 0) is 14.3 Å². The third kappa shape index (κ3) is 8.24. The summed E-state index contributed by atoms with van der Waals surface area (Å²) in [6, 6.07) is -0.623. The minimum atomic E-state index is -0.623. The fourth-order valence-corrected chi connectivity index (χ4v) is 2.96. The first kappa shape index (κ1) is 20.3. The van der Waals surface area contributed by atoms with Crippen molar-refractivity contribution in [1.29, 1.82) is 0 Å². The summed E-state index contributed by atoms with van der Waals surface area (Å²) < 4.78 is 10.4. The van der Waals surface area contributed by atoms with Crippen molar-refractivity contribution in [1.82, 2.24) is 5.32 Å². The molecule has 0 radical (unpaired) electrons. The van der Waals surface area contributed by atoms with Crippen LogP contribution in [0.4, 0.5) is 4.79 Å². The molecule has 1 aliphatic rings. The zero-order valence-corrected chi connectivity index (χ0v) is 15.0. The van der Waals surface area contributed by atoms with Crippen LogP contribution in [-0.4, -0.2) is 31.3 Å². The van der Waals surface area contributed by atoms with E-state index in [2.05, 4.69) is 25.1 Å². The number of ether oxygens (including phenoxy) is 2. The van der Waals surface area contributed by atoms with Gasteiger partial charge in [0.2, 0.25) is 0 Å². The van der Waals surface area contributed by atoms with Gasteiger partial charge in [0.05, 0.1) is 6.61 Å². The lowest BCUT2D eigenvalue weighted by Gasteiger charge is -2.29. The summed E-state index contributed by atoms with van der Waals surface area (Å²) in [6.45, 7) is 4.83. The first-order valence-electron chi connectivity index (χ1n) is 9.08. The van der Waals surface area contributed by atoms with Crippen LogP contribution in [0.1, 0.15) is 65.2 Å². The number of hydrogen-bond acceptors (Lipinski definition) is 4. The molecule has 1 aliphatic carbocycles. The number of rotatable bonds is 9. The lowest BCUT2D eigenvalue weighted by molar-refractivity contribution is -0.148. The molecule has 0 aliphatic heterocycles. The molecule has 0 aromatic rings. The normalized spacial score (nSPS) is 16.2. The molecule has 1 saturated carbocycles. The maximum atomic E-state index is 12.4. The minimum Gasteiger partial charge on any atom is -0.464 e. The SMILES string of the molecule is C#CCCOC(=O)NC(C(=O)OCCCC(C)C)C1CCCCC1. The Kier molecular flexibility index (Phi) is 9.98. The van der Waals surface area contributed by atoms with Gasteiger partial charge in [-0.25, -0.2) is 9.59 Å². The molecule has 5 heteroatoms. The molecule has 1 N–H and O–H groups in total. The van der Waals surface area contributed by atoms with Crippen LogP contribution in [0.2, 0.25) is 0 Å². The second-order valence-electron chi connectivity index (χ2n) is 6.81. The second-order valence-corrected chi connectivity index (χ2v) is 6.81. The van der Waals surface area contributed by atoms with Gasteiger partial charge >= 0.3 is 12.1 Å². The molecule has 1 amide bonds.